The first-order valence-electron chi connectivity index (χ1n) is 11.7. The number of ether oxygens (including phenoxy) is 1. The Kier molecular flexibility index (Phi) is 8.22. The summed E-state index contributed by atoms with van der Waals surface area (Å²) in [5.74, 6) is 0.403. The lowest BCUT2D eigenvalue weighted by molar-refractivity contribution is -0.120. The summed E-state index contributed by atoms with van der Waals surface area (Å²) in [6.45, 7) is 9.32. The standard InChI is InChI=1S/C28H34N2O4S/c1-7-26(23-10-13-27(34-6)22(5)17-23)29-28(31)18-30(24-15-20(3)14-21(4)16-24)35(32,33)25-11-8-19(2)9-12-25/h8-17,26H,7,18H2,1-6H3,(H,29,31)/t26-/m1/s1. The highest BCUT2D eigenvalue weighted by atomic mass is 32.2. The van der Waals surface area contributed by atoms with Crippen LogP contribution in [0.2, 0.25) is 0 Å². The Morgan fingerprint density at radius 3 is 2.09 bits per heavy atom. The lowest BCUT2D eigenvalue weighted by atomic mass is 10.0. The van der Waals surface area contributed by atoms with E-state index in [0.29, 0.717) is 12.1 Å². The van der Waals surface area contributed by atoms with Gasteiger partial charge in [-0.3, -0.25) is 9.10 Å². The van der Waals surface area contributed by atoms with Gasteiger partial charge in [0, 0.05) is 0 Å². The maximum Gasteiger partial charge on any atom is 0.264 e. The van der Waals surface area contributed by atoms with Crippen LogP contribution in [0.4, 0.5) is 5.69 Å². The molecule has 3 aromatic rings. The van der Waals surface area contributed by atoms with E-state index < -0.39 is 10.0 Å². The third kappa shape index (κ3) is 6.22. The van der Waals surface area contributed by atoms with Crippen LogP contribution in [-0.4, -0.2) is 28.0 Å². The van der Waals surface area contributed by atoms with Gasteiger partial charge in [-0.05, 0) is 86.7 Å². The Morgan fingerprint density at radius 1 is 0.914 bits per heavy atom. The second kappa shape index (κ2) is 11.0. The molecule has 7 heteroatoms. The number of nitrogens with one attached hydrogen (secondary N) is 1. The van der Waals surface area contributed by atoms with E-state index >= 15 is 0 Å². The molecule has 0 aliphatic carbocycles. The van der Waals surface area contributed by atoms with Gasteiger partial charge in [0.2, 0.25) is 5.91 Å². The van der Waals surface area contributed by atoms with Gasteiger partial charge in [0.15, 0.2) is 0 Å². The zero-order chi connectivity index (χ0) is 25.8. The molecule has 1 atom stereocenters. The molecule has 0 unspecified atom stereocenters. The van der Waals surface area contributed by atoms with E-state index in [2.05, 4.69) is 5.32 Å². The van der Waals surface area contributed by atoms with Gasteiger partial charge in [-0.2, -0.15) is 0 Å². The molecule has 0 spiro atoms. The fourth-order valence-electron chi connectivity index (χ4n) is 4.16. The van der Waals surface area contributed by atoms with Crippen molar-refractivity contribution in [2.75, 3.05) is 18.0 Å². The average molecular weight is 495 g/mol. The van der Waals surface area contributed by atoms with Crippen LogP contribution in [0.3, 0.4) is 0 Å². The Balaban J connectivity index is 1.94. The normalized spacial score (nSPS) is 12.2. The molecular formula is C28H34N2O4S. The van der Waals surface area contributed by atoms with Gasteiger partial charge in [0.1, 0.15) is 12.3 Å². The van der Waals surface area contributed by atoms with Crippen LogP contribution < -0.4 is 14.4 Å². The minimum atomic E-state index is -3.97. The number of carbonyl (C=O) groups excluding carboxylic acids is 1. The zero-order valence-corrected chi connectivity index (χ0v) is 22.1. The minimum absolute atomic E-state index is 0.146. The van der Waals surface area contributed by atoms with Gasteiger partial charge in [-0.15, -0.1) is 0 Å². The zero-order valence-electron chi connectivity index (χ0n) is 21.3. The summed E-state index contributed by atoms with van der Waals surface area (Å²) in [4.78, 5) is 13.4. The van der Waals surface area contributed by atoms with Crippen molar-refractivity contribution in [3.8, 4) is 5.75 Å². The van der Waals surface area contributed by atoms with Crippen molar-refractivity contribution < 1.29 is 17.9 Å². The first-order chi connectivity index (χ1) is 16.5. The van der Waals surface area contributed by atoms with Crippen molar-refractivity contribution in [3.63, 3.8) is 0 Å². The van der Waals surface area contributed by atoms with Crippen molar-refractivity contribution in [1.29, 1.82) is 0 Å². The number of carbonyl (C=O) groups is 1. The Labute approximate surface area is 209 Å². The number of benzene rings is 3. The molecule has 35 heavy (non-hydrogen) atoms. The molecular weight excluding hydrogens is 460 g/mol. The van der Waals surface area contributed by atoms with Crippen LogP contribution in [0.5, 0.6) is 5.75 Å². The van der Waals surface area contributed by atoms with Gasteiger partial charge in [0.25, 0.3) is 10.0 Å². The fourth-order valence-corrected chi connectivity index (χ4v) is 5.56. The van der Waals surface area contributed by atoms with E-state index in [1.807, 2.05) is 58.9 Å². The number of sulfonamides is 1. The van der Waals surface area contributed by atoms with Crippen molar-refractivity contribution >= 4 is 21.6 Å². The van der Waals surface area contributed by atoms with Crippen LogP contribution in [0.1, 0.15) is 47.2 Å². The highest BCUT2D eigenvalue weighted by molar-refractivity contribution is 7.92. The van der Waals surface area contributed by atoms with Crippen molar-refractivity contribution in [1.82, 2.24) is 5.32 Å². The third-order valence-corrected chi connectivity index (χ3v) is 7.74. The number of methoxy groups -OCH3 is 1. The Morgan fingerprint density at radius 2 is 1.54 bits per heavy atom. The average Bonchev–Trinajstić information content (AvgIpc) is 2.80. The van der Waals surface area contributed by atoms with Crippen molar-refractivity contribution in [2.45, 2.75) is 52.0 Å². The molecule has 3 rings (SSSR count). The Hall–Kier alpha value is -3.32. The summed E-state index contributed by atoms with van der Waals surface area (Å²) < 4.78 is 33.9. The lowest BCUT2D eigenvalue weighted by Crippen LogP contribution is -2.42. The molecule has 6 nitrogen and oxygen atoms in total. The smallest absolute Gasteiger partial charge is 0.264 e. The van der Waals surface area contributed by atoms with E-state index in [9.17, 15) is 13.2 Å². The molecule has 3 aromatic carbocycles. The van der Waals surface area contributed by atoms with Crippen molar-refractivity contribution in [2.24, 2.45) is 0 Å². The molecule has 0 heterocycles. The largest absolute Gasteiger partial charge is 0.496 e. The molecule has 0 bridgehead atoms. The molecule has 0 radical (unpaired) electrons. The monoisotopic (exact) mass is 494 g/mol. The summed E-state index contributed by atoms with van der Waals surface area (Å²) in [7, 11) is -2.34. The second-order valence-electron chi connectivity index (χ2n) is 8.93. The summed E-state index contributed by atoms with van der Waals surface area (Å²) in [5.41, 5.74) is 5.18. The van der Waals surface area contributed by atoms with Gasteiger partial charge < -0.3 is 10.1 Å². The van der Waals surface area contributed by atoms with Crippen LogP contribution in [-0.2, 0) is 14.8 Å². The molecule has 186 valence electrons. The van der Waals surface area contributed by atoms with E-state index in [4.69, 9.17) is 4.74 Å². The quantitative estimate of drug-likeness (QED) is 0.433. The fraction of sp³-hybridized carbons (Fsp3) is 0.321. The molecule has 1 amide bonds. The SMILES string of the molecule is CC[C@@H](NC(=O)CN(c1cc(C)cc(C)c1)S(=O)(=O)c1ccc(C)cc1)c1ccc(OC)c(C)c1. The number of rotatable bonds is 9. The van der Waals surface area contributed by atoms with E-state index in [-0.39, 0.29) is 23.4 Å². The van der Waals surface area contributed by atoms with Crippen LogP contribution in [0.15, 0.2) is 65.6 Å². The summed E-state index contributed by atoms with van der Waals surface area (Å²) in [6, 6.07) is 17.7. The predicted octanol–water partition coefficient (Wildman–Crippen LogP) is 5.39. The molecule has 1 N–H and O–H groups in total. The van der Waals surface area contributed by atoms with Crippen LogP contribution >= 0.6 is 0 Å². The van der Waals surface area contributed by atoms with E-state index in [1.54, 1.807) is 43.5 Å². The number of hydrogen-bond acceptors (Lipinski definition) is 4. The van der Waals surface area contributed by atoms with Gasteiger partial charge >= 0.3 is 0 Å². The third-order valence-electron chi connectivity index (χ3n) is 5.96. The number of hydrogen-bond donors (Lipinski definition) is 1. The van der Waals surface area contributed by atoms with Crippen molar-refractivity contribution in [3.05, 3.63) is 88.5 Å². The molecule has 0 saturated heterocycles. The summed E-state index contributed by atoms with van der Waals surface area (Å²) >= 11 is 0. The molecule has 0 fully saturated rings. The first-order valence-corrected chi connectivity index (χ1v) is 13.1. The number of anilines is 1. The van der Waals surface area contributed by atoms with E-state index in [0.717, 1.165) is 33.6 Å². The van der Waals surface area contributed by atoms with E-state index in [1.165, 1.54) is 4.31 Å². The predicted molar refractivity (Wildman–Crippen MR) is 141 cm³/mol. The minimum Gasteiger partial charge on any atom is -0.496 e. The maximum absolute atomic E-state index is 13.7. The van der Waals surface area contributed by atoms with Crippen LogP contribution in [0.25, 0.3) is 0 Å². The topological polar surface area (TPSA) is 75.7 Å². The summed E-state index contributed by atoms with van der Waals surface area (Å²) in [5, 5.41) is 3.02. The maximum atomic E-state index is 13.7. The van der Waals surface area contributed by atoms with Gasteiger partial charge in [0.05, 0.1) is 23.7 Å². The number of amides is 1. The first kappa shape index (κ1) is 26.3. The number of nitrogens with zero attached hydrogens (tertiary/aromatic N) is 1. The summed E-state index contributed by atoms with van der Waals surface area (Å²) in [6.07, 6.45) is 0.659. The molecule has 0 aromatic heterocycles. The number of aryl methyl sites for hydroxylation is 4. The van der Waals surface area contributed by atoms with Gasteiger partial charge in [-0.25, -0.2) is 8.42 Å². The molecule has 0 aliphatic heterocycles. The highest BCUT2D eigenvalue weighted by Gasteiger charge is 2.28. The van der Waals surface area contributed by atoms with Crippen LogP contribution in [0, 0.1) is 27.7 Å². The second-order valence-corrected chi connectivity index (χ2v) is 10.8. The lowest BCUT2D eigenvalue weighted by Gasteiger charge is -2.26. The Bertz CT molecular complexity index is 1280. The molecule has 0 saturated carbocycles. The van der Waals surface area contributed by atoms with Gasteiger partial charge in [-0.1, -0.05) is 42.8 Å². The molecule has 0 aliphatic rings. The highest BCUT2D eigenvalue weighted by Crippen LogP contribution is 2.27.